The number of likely N-dealkylation sites (tertiary alicyclic amines) is 1. The van der Waals surface area contributed by atoms with E-state index < -0.39 is 0 Å². The van der Waals surface area contributed by atoms with Crippen LogP contribution in [0.25, 0.3) is 0 Å². The Hall–Kier alpha value is -2.78. The topological polar surface area (TPSA) is 98.6 Å². The molecule has 2 aromatic rings. The number of nitrogens with zero attached hydrogens (tertiary/aromatic N) is 4. The molecule has 5 rings (SSSR count). The van der Waals surface area contributed by atoms with Crippen molar-refractivity contribution in [1.29, 1.82) is 0 Å². The highest BCUT2D eigenvalue weighted by Gasteiger charge is 2.33. The molecule has 176 valence electrons. The number of aromatic nitrogens is 3. The van der Waals surface area contributed by atoms with Gasteiger partial charge >= 0.3 is 0 Å². The van der Waals surface area contributed by atoms with Crippen LogP contribution in [0.1, 0.15) is 59.1 Å². The Kier molecular flexibility index (Phi) is 6.41. The number of amides is 2. The van der Waals surface area contributed by atoms with E-state index in [1.54, 1.807) is 9.58 Å². The van der Waals surface area contributed by atoms with Crippen molar-refractivity contribution < 1.29 is 19.1 Å². The fourth-order valence-electron chi connectivity index (χ4n) is 4.82. The van der Waals surface area contributed by atoms with Gasteiger partial charge in [-0.15, -0.1) is 5.10 Å². The maximum Gasteiger partial charge on any atom is 0.276 e. The average Bonchev–Trinajstić information content (AvgIpc) is 3.52. The summed E-state index contributed by atoms with van der Waals surface area (Å²) in [6.07, 6.45) is 3.41. The van der Waals surface area contributed by atoms with Crippen molar-refractivity contribution in [3.8, 4) is 0 Å². The number of piperidine rings is 1. The number of ether oxygens (including phenoxy) is 2. The number of rotatable bonds is 5. The van der Waals surface area contributed by atoms with Crippen LogP contribution in [0.15, 0.2) is 24.3 Å². The van der Waals surface area contributed by atoms with Crippen LogP contribution in [-0.4, -0.2) is 64.1 Å². The number of fused-ring (bicyclic) bond motifs is 1. The van der Waals surface area contributed by atoms with Gasteiger partial charge in [-0.25, -0.2) is 4.68 Å². The Morgan fingerprint density at radius 1 is 1.12 bits per heavy atom. The second kappa shape index (κ2) is 9.61. The Bertz CT molecular complexity index is 991. The maximum atomic E-state index is 13.1. The van der Waals surface area contributed by atoms with Gasteiger partial charge < -0.3 is 19.7 Å². The zero-order valence-electron chi connectivity index (χ0n) is 19.0. The number of carbonyl (C=O) groups excluding carboxylic acids is 2. The molecular formula is C24H31N5O4. The van der Waals surface area contributed by atoms with Crippen LogP contribution in [0.4, 0.5) is 0 Å². The molecule has 0 unspecified atom stereocenters. The smallest absolute Gasteiger partial charge is 0.276 e. The van der Waals surface area contributed by atoms with E-state index >= 15 is 0 Å². The van der Waals surface area contributed by atoms with Crippen molar-refractivity contribution in [2.75, 3.05) is 26.2 Å². The maximum absolute atomic E-state index is 13.1. The molecule has 2 saturated heterocycles. The number of hydrogen-bond donors (Lipinski definition) is 1. The van der Waals surface area contributed by atoms with Crippen LogP contribution in [0.5, 0.6) is 0 Å². The van der Waals surface area contributed by atoms with Crippen molar-refractivity contribution in [2.45, 2.75) is 58.0 Å². The van der Waals surface area contributed by atoms with Gasteiger partial charge in [-0.05, 0) is 38.2 Å². The third-order valence-electron chi connectivity index (χ3n) is 6.93. The van der Waals surface area contributed by atoms with Gasteiger partial charge in [0, 0.05) is 32.2 Å². The summed E-state index contributed by atoms with van der Waals surface area (Å²) in [5, 5.41) is 11.4. The van der Waals surface area contributed by atoms with E-state index in [0.29, 0.717) is 51.3 Å². The molecule has 2 amide bonds. The normalized spacial score (nSPS) is 23.4. The van der Waals surface area contributed by atoms with Crippen LogP contribution < -0.4 is 5.32 Å². The van der Waals surface area contributed by atoms with Crippen molar-refractivity contribution in [3.63, 3.8) is 0 Å². The number of nitrogens with one attached hydrogen (secondary N) is 1. The summed E-state index contributed by atoms with van der Waals surface area (Å²) in [7, 11) is 0. The zero-order valence-corrected chi connectivity index (χ0v) is 19.0. The summed E-state index contributed by atoms with van der Waals surface area (Å²) in [5.74, 6) is -0.135. The summed E-state index contributed by atoms with van der Waals surface area (Å²) in [5.41, 5.74) is 3.38. The predicted molar refractivity (Wildman–Crippen MR) is 119 cm³/mol. The van der Waals surface area contributed by atoms with Gasteiger partial charge in [0.05, 0.1) is 24.9 Å². The summed E-state index contributed by atoms with van der Waals surface area (Å²) >= 11 is 0. The third-order valence-corrected chi connectivity index (χ3v) is 6.93. The largest absolute Gasteiger partial charge is 0.376 e. The average molecular weight is 454 g/mol. The fraction of sp³-hybridized carbons (Fsp3) is 0.583. The third kappa shape index (κ3) is 4.79. The van der Waals surface area contributed by atoms with Gasteiger partial charge in [0.1, 0.15) is 6.10 Å². The molecule has 2 atom stereocenters. The lowest BCUT2D eigenvalue weighted by Gasteiger charge is -2.31. The molecule has 1 aromatic carbocycles. The van der Waals surface area contributed by atoms with Crippen molar-refractivity contribution in [1.82, 2.24) is 25.2 Å². The van der Waals surface area contributed by atoms with Crippen LogP contribution in [0.2, 0.25) is 0 Å². The molecule has 0 spiro atoms. The fourth-order valence-corrected chi connectivity index (χ4v) is 4.82. The summed E-state index contributed by atoms with van der Waals surface area (Å²) in [6, 6.07) is 8.26. The first kappa shape index (κ1) is 22.0. The minimum absolute atomic E-state index is 0.0641. The molecule has 0 saturated carbocycles. The first-order valence-corrected chi connectivity index (χ1v) is 11.9. The predicted octanol–water partition coefficient (Wildman–Crippen LogP) is 2.01. The summed E-state index contributed by atoms with van der Waals surface area (Å²) in [4.78, 5) is 27.4. The number of carbonyl (C=O) groups is 2. The van der Waals surface area contributed by atoms with Gasteiger partial charge in [0.2, 0.25) is 5.91 Å². The van der Waals surface area contributed by atoms with Crippen molar-refractivity contribution in [3.05, 3.63) is 46.8 Å². The number of aryl methyl sites for hydroxylation is 1. The lowest BCUT2D eigenvalue weighted by Crippen LogP contribution is -2.44. The van der Waals surface area contributed by atoms with E-state index in [4.69, 9.17) is 9.47 Å². The van der Waals surface area contributed by atoms with E-state index in [-0.39, 0.29) is 29.9 Å². The molecule has 0 bridgehead atoms. The molecule has 3 aliphatic heterocycles. The summed E-state index contributed by atoms with van der Waals surface area (Å²) in [6.45, 7) is 5.32. The molecule has 1 aromatic heterocycles. The highest BCUT2D eigenvalue weighted by atomic mass is 16.5. The number of benzene rings is 1. The lowest BCUT2D eigenvalue weighted by atomic mass is 9.95. The molecule has 0 aliphatic carbocycles. The minimum atomic E-state index is -0.133. The Morgan fingerprint density at radius 3 is 2.64 bits per heavy atom. The van der Waals surface area contributed by atoms with Crippen LogP contribution in [0.3, 0.4) is 0 Å². The Balaban J connectivity index is 1.15. The van der Waals surface area contributed by atoms with Gasteiger partial charge in [0.15, 0.2) is 5.69 Å². The Morgan fingerprint density at radius 2 is 1.91 bits per heavy atom. The monoisotopic (exact) mass is 453 g/mol. The van der Waals surface area contributed by atoms with Gasteiger partial charge in [0.25, 0.3) is 5.91 Å². The van der Waals surface area contributed by atoms with E-state index in [9.17, 15) is 9.59 Å². The molecule has 9 nitrogen and oxygen atoms in total. The second-order valence-corrected chi connectivity index (χ2v) is 9.22. The van der Waals surface area contributed by atoms with E-state index in [1.165, 1.54) is 5.56 Å². The molecule has 4 heterocycles. The molecular weight excluding hydrogens is 422 g/mol. The quantitative estimate of drug-likeness (QED) is 0.744. The standard InChI is InChI=1S/C24H31N5O4/c1-16-4-6-17(7-5-16)21-14-29-20(15-33-21)22(26-27-29)24(31)28-10-8-18(9-11-28)23(30)25-13-19-3-2-12-32-19/h4-7,18-19,21H,2-3,8-15H2,1H3,(H,25,30)/t19-,21-/m0/s1. The highest BCUT2D eigenvalue weighted by Crippen LogP contribution is 2.28. The lowest BCUT2D eigenvalue weighted by molar-refractivity contribution is -0.126. The SMILES string of the molecule is Cc1ccc([C@@H]2Cn3nnc(C(=O)N4CCC(C(=O)NC[C@@H]5CCCO5)CC4)c3CO2)cc1. The zero-order chi connectivity index (χ0) is 22.8. The molecule has 33 heavy (non-hydrogen) atoms. The highest BCUT2D eigenvalue weighted by molar-refractivity contribution is 5.93. The van der Waals surface area contributed by atoms with Gasteiger partial charge in [-0.2, -0.15) is 0 Å². The molecule has 3 aliphatic rings. The van der Waals surface area contributed by atoms with Crippen LogP contribution in [-0.2, 0) is 27.4 Å². The molecule has 9 heteroatoms. The van der Waals surface area contributed by atoms with E-state index in [0.717, 1.165) is 30.7 Å². The first-order valence-electron chi connectivity index (χ1n) is 11.9. The van der Waals surface area contributed by atoms with E-state index in [1.807, 2.05) is 0 Å². The van der Waals surface area contributed by atoms with Crippen molar-refractivity contribution >= 4 is 11.8 Å². The second-order valence-electron chi connectivity index (χ2n) is 9.22. The number of hydrogen-bond acceptors (Lipinski definition) is 6. The molecule has 2 fully saturated rings. The molecule has 0 radical (unpaired) electrons. The minimum Gasteiger partial charge on any atom is -0.376 e. The van der Waals surface area contributed by atoms with Crippen LogP contribution >= 0.6 is 0 Å². The van der Waals surface area contributed by atoms with Crippen LogP contribution in [0, 0.1) is 12.8 Å². The first-order chi connectivity index (χ1) is 16.1. The van der Waals surface area contributed by atoms with E-state index in [2.05, 4.69) is 46.8 Å². The van der Waals surface area contributed by atoms with Gasteiger partial charge in [-0.1, -0.05) is 35.0 Å². The van der Waals surface area contributed by atoms with Crippen molar-refractivity contribution in [2.24, 2.45) is 5.92 Å². The molecule has 1 N–H and O–H groups in total. The Labute approximate surface area is 193 Å². The summed E-state index contributed by atoms with van der Waals surface area (Å²) < 4.78 is 13.4. The van der Waals surface area contributed by atoms with Gasteiger partial charge in [-0.3, -0.25) is 9.59 Å².